The van der Waals surface area contributed by atoms with Gasteiger partial charge in [-0.15, -0.1) is 11.8 Å². The topological polar surface area (TPSA) is 76.0 Å². The Bertz CT molecular complexity index is 860. The summed E-state index contributed by atoms with van der Waals surface area (Å²) in [7, 11) is 0. The van der Waals surface area contributed by atoms with Gasteiger partial charge in [0.05, 0.1) is 17.2 Å². The zero-order chi connectivity index (χ0) is 24.2. The number of thioether (sulfide) groups is 1. The SMILES string of the molecule is CCNC(=O)C(C)(C)/C=C/n1ncc(C(=O)N[C@@H]2CCC(CC)CC3CCC32)c1SC(C)C. The molecule has 2 amide bonds. The molecule has 0 spiro atoms. The molecule has 184 valence electrons. The molecular weight excluding hydrogens is 432 g/mol. The Morgan fingerprint density at radius 2 is 2.00 bits per heavy atom. The van der Waals surface area contributed by atoms with Crippen LogP contribution in [-0.4, -0.2) is 39.4 Å². The molecule has 2 aliphatic rings. The highest BCUT2D eigenvalue weighted by molar-refractivity contribution is 7.99. The second kappa shape index (κ2) is 11.1. The molecule has 0 aromatic carbocycles. The fourth-order valence-corrected chi connectivity index (χ4v) is 6.00. The van der Waals surface area contributed by atoms with Gasteiger partial charge < -0.3 is 10.6 Å². The lowest BCUT2D eigenvalue weighted by Crippen LogP contribution is -2.46. The molecule has 3 unspecified atom stereocenters. The van der Waals surface area contributed by atoms with Crippen molar-refractivity contribution in [2.75, 3.05) is 6.54 Å². The summed E-state index contributed by atoms with van der Waals surface area (Å²) in [5.41, 5.74) is -0.0409. The van der Waals surface area contributed by atoms with Gasteiger partial charge in [-0.1, -0.05) is 33.3 Å². The van der Waals surface area contributed by atoms with Crippen molar-refractivity contribution in [3.05, 3.63) is 17.8 Å². The summed E-state index contributed by atoms with van der Waals surface area (Å²) >= 11 is 1.63. The molecule has 1 aromatic heterocycles. The quantitative estimate of drug-likeness (QED) is 0.473. The number of carbonyl (C=O) groups excluding carboxylic acids is 2. The summed E-state index contributed by atoms with van der Waals surface area (Å²) in [5, 5.41) is 11.9. The largest absolute Gasteiger partial charge is 0.356 e. The maximum Gasteiger partial charge on any atom is 0.255 e. The number of rotatable bonds is 9. The van der Waals surface area contributed by atoms with Crippen molar-refractivity contribution in [2.24, 2.45) is 23.2 Å². The summed E-state index contributed by atoms with van der Waals surface area (Å²) in [6, 6.07) is 0.264. The van der Waals surface area contributed by atoms with E-state index >= 15 is 0 Å². The second-order valence-electron chi connectivity index (χ2n) is 10.5. The third-order valence-corrected chi connectivity index (χ3v) is 8.41. The molecule has 3 rings (SSSR count). The smallest absolute Gasteiger partial charge is 0.255 e. The van der Waals surface area contributed by atoms with Crippen molar-refractivity contribution in [2.45, 2.75) is 96.4 Å². The van der Waals surface area contributed by atoms with Crippen molar-refractivity contribution in [1.82, 2.24) is 20.4 Å². The number of hydrogen-bond donors (Lipinski definition) is 2. The van der Waals surface area contributed by atoms with Crippen LogP contribution in [0.15, 0.2) is 17.3 Å². The Labute approximate surface area is 203 Å². The molecule has 2 fully saturated rings. The molecule has 0 bridgehead atoms. The molecule has 7 heteroatoms. The maximum atomic E-state index is 13.4. The minimum Gasteiger partial charge on any atom is -0.356 e. The summed E-state index contributed by atoms with van der Waals surface area (Å²) in [5.74, 6) is 2.14. The van der Waals surface area contributed by atoms with Crippen LogP contribution in [0.5, 0.6) is 0 Å². The summed E-state index contributed by atoms with van der Waals surface area (Å²) < 4.78 is 1.74. The standard InChI is InChI=1S/C26H42N4O2S/c1-7-18-9-12-22(20-11-10-19(20)15-18)29-23(31)21-16-28-30(24(21)33-17(3)4)14-13-26(5,6)25(32)27-8-2/h13-14,16-20,22H,7-12,15H2,1-6H3,(H,27,32)(H,29,31)/b14-13+/t18?,19?,20?,22-/m1/s1. The lowest BCUT2D eigenvalue weighted by molar-refractivity contribution is -0.126. The molecule has 0 aliphatic heterocycles. The Morgan fingerprint density at radius 1 is 1.24 bits per heavy atom. The fourth-order valence-electron chi connectivity index (χ4n) is 5.06. The molecule has 0 saturated heterocycles. The van der Waals surface area contributed by atoms with E-state index in [0.717, 1.165) is 23.3 Å². The maximum absolute atomic E-state index is 13.4. The van der Waals surface area contributed by atoms with Gasteiger partial charge in [-0.2, -0.15) is 5.10 Å². The first kappa shape index (κ1) is 25.9. The minimum atomic E-state index is -0.667. The predicted octanol–water partition coefficient (Wildman–Crippen LogP) is 5.35. The molecule has 0 radical (unpaired) electrons. The summed E-state index contributed by atoms with van der Waals surface area (Å²) in [6.07, 6.45) is 12.7. The highest BCUT2D eigenvalue weighted by atomic mass is 32.2. The van der Waals surface area contributed by atoms with Gasteiger partial charge in [0.15, 0.2) is 0 Å². The van der Waals surface area contributed by atoms with Crippen LogP contribution in [0.4, 0.5) is 0 Å². The van der Waals surface area contributed by atoms with Gasteiger partial charge in [0.2, 0.25) is 5.91 Å². The zero-order valence-electron chi connectivity index (χ0n) is 21.2. The molecule has 2 aliphatic carbocycles. The van der Waals surface area contributed by atoms with E-state index in [4.69, 9.17) is 0 Å². The molecule has 2 saturated carbocycles. The van der Waals surface area contributed by atoms with Gasteiger partial charge >= 0.3 is 0 Å². The third kappa shape index (κ3) is 6.23. The van der Waals surface area contributed by atoms with Gasteiger partial charge in [0.25, 0.3) is 5.91 Å². The van der Waals surface area contributed by atoms with E-state index in [1.165, 1.54) is 32.1 Å². The fraction of sp³-hybridized carbons (Fsp3) is 0.731. The van der Waals surface area contributed by atoms with Gasteiger partial charge in [0, 0.05) is 24.0 Å². The van der Waals surface area contributed by atoms with E-state index in [0.29, 0.717) is 23.3 Å². The first-order valence-corrected chi connectivity index (χ1v) is 13.6. The first-order chi connectivity index (χ1) is 15.7. The van der Waals surface area contributed by atoms with Crippen LogP contribution < -0.4 is 10.6 Å². The lowest BCUT2D eigenvalue weighted by atomic mass is 9.68. The molecule has 1 heterocycles. The normalized spacial score (nSPS) is 25.4. The van der Waals surface area contributed by atoms with Gasteiger partial charge in [-0.25, -0.2) is 4.68 Å². The first-order valence-electron chi connectivity index (χ1n) is 12.7. The molecule has 6 nitrogen and oxygen atoms in total. The molecule has 4 atom stereocenters. The van der Waals surface area contributed by atoms with Crippen molar-refractivity contribution in [1.29, 1.82) is 0 Å². The second-order valence-corrected chi connectivity index (χ2v) is 12.1. The van der Waals surface area contributed by atoms with Crippen LogP contribution in [-0.2, 0) is 4.79 Å². The van der Waals surface area contributed by atoms with E-state index in [2.05, 4.69) is 36.5 Å². The van der Waals surface area contributed by atoms with E-state index in [9.17, 15) is 9.59 Å². The zero-order valence-corrected chi connectivity index (χ0v) is 22.0. The van der Waals surface area contributed by atoms with E-state index in [-0.39, 0.29) is 17.9 Å². The molecular formula is C26H42N4O2S. The van der Waals surface area contributed by atoms with E-state index in [1.807, 2.05) is 33.0 Å². The van der Waals surface area contributed by atoms with E-state index < -0.39 is 5.41 Å². The number of fused-ring (bicyclic) bond motifs is 1. The van der Waals surface area contributed by atoms with Gasteiger partial charge in [-0.05, 0) is 70.6 Å². The third-order valence-electron chi connectivity index (χ3n) is 7.31. The number of carbonyl (C=O) groups is 2. The van der Waals surface area contributed by atoms with Crippen LogP contribution in [0.25, 0.3) is 6.20 Å². The molecule has 33 heavy (non-hydrogen) atoms. The van der Waals surface area contributed by atoms with Crippen molar-refractivity contribution in [3.63, 3.8) is 0 Å². The minimum absolute atomic E-state index is 0.0219. The number of amides is 2. The van der Waals surface area contributed by atoms with Crippen LogP contribution >= 0.6 is 11.8 Å². The van der Waals surface area contributed by atoms with Crippen LogP contribution in [0.1, 0.15) is 90.4 Å². The van der Waals surface area contributed by atoms with Crippen LogP contribution in [0.3, 0.4) is 0 Å². The highest BCUT2D eigenvalue weighted by Gasteiger charge is 2.41. The number of hydrogen-bond acceptors (Lipinski definition) is 4. The van der Waals surface area contributed by atoms with Crippen molar-refractivity contribution in [3.8, 4) is 0 Å². The van der Waals surface area contributed by atoms with Crippen LogP contribution in [0.2, 0.25) is 0 Å². The lowest BCUT2D eigenvalue weighted by Gasteiger charge is -2.41. The molecule has 1 aromatic rings. The van der Waals surface area contributed by atoms with Gasteiger partial charge in [-0.3, -0.25) is 9.59 Å². The average Bonchev–Trinajstić information content (AvgIpc) is 3.08. The monoisotopic (exact) mass is 474 g/mol. The highest BCUT2D eigenvalue weighted by Crippen LogP contribution is 2.46. The number of nitrogens with one attached hydrogen (secondary N) is 2. The number of aromatic nitrogens is 2. The van der Waals surface area contributed by atoms with Crippen molar-refractivity contribution >= 4 is 29.8 Å². The Balaban J connectivity index is 1.78. The van der Waals surface area contributed by atoms with Crippen molar-refractivity contribution < 1.29 is 9.59 Å². The van der Waals surface area contributed by atoms with E-state index in [1.54, 1.807) is 22.6 Å². The molecule has 2 N–H and O–H groups in total. The summed E-state index contributed by atoms with van der Waals surface area (Å²) in [4.78, 5) is 25.8. The Morgan fingerprint density at radius 3 is 2.61 bits per heavy atom. The Kier molecular flexibility index (Phi) is 8.70. The van der Waals surface area contributed by atoms with Crippen LogP contribution in [0, 0.1) is 23.2 Å². The Hall–Kier alpha value is -1.76. The number of nitrogens with zero attached hydrogens (tertiary/aromatic N) is 2. The van der Waals surface area contributed by atoms with Gasteiger partial charge in [0.1, 0.15) is 5.03 Å². The summed E-state index contributed by atoms with van der Waals surface area (Å²) in [6.45, 7) is 12.8. The predicted molar refractivity (Wildman–Crippen MR) is 136 cm³/mol. The average molecular weight is 475 g/mol.